The Hall–Kier alpha value is -1.87. The van der Waals surface area contributed by atoms with Crippen molar-refractivity contribution in [2.24, 2.45) is 0 Å². The zero-order valence-corrected chi connectivity index (χ0v) is 11.5. The van der Waals surface area contributed by atoms with Crippen LogP contribution in [0.2, 0.25) is 0 Å². The molecule has 0 aliphatic carbocycles. The standard InChI is InChI=1S/C16H20N2O/c1-3-9-17-12-13-4-6-14(7-5-13)15-8-10-18-16(11-15)19-2/h4-8,10-11,17H,3,9,12H2,1-2H3. The van der Waals surface area contributed by atoms with Gasteiger partial charge in [0.2, 0.25) is 5.88 Å². The second-order valence-electron chi connectivity index (χ2n) is 4.46. The fourth-order valence-electron chi connectivity index (χ4n) is 1.93. The van der Waals surface area contributed by atoms with Crippen LogP contribution in [0.25, 0.3) is 11.1 Å². The molecule has 1 aromatic carbocycles. The summed E-state index contributed by atoms with van der Waals surface area (Å²) in [5, 5.41) is 3.40. The van der Waals surface area contributed by atoms with Crippen LogP contribution in [0.3, 0.4) is 0 Å². The number of benzene rings is 1. The Morgan fingerprint density at radius 2 is 1.89 bits per heavy atom. The largest absolute Gasteiger partial charge is 0.481 e. The van der Waals surface area contributed by atoms with E-state index >= 15 is 0 Å². The number of hydrogen-bond donors (Lipinski definition) is 1. The number of rotatable bonds is 6. The van der Waals surface area contributed by atoms with Crippen molar-refractivity contribution in [1.82, 2.24) is 10.3 Å². The molecule has 0 atom stereocenters. The molecule has 0 aliphatic heterocycles. The SMILES string of the molecule is CCCNCc1ccc(-c2ccnc(OC)c2)cc1. The summed E-state index contributed by atoms with van der Waals surface area (Å²) in [6.45, 7) is 4.16. The molecule has 2 rings (SSSR count). The van der Waals surface area contributed by atoms with E-state index in [0.29, 0.717) is 5.88 Å². The third-order valence-electron chi connectivity index (χ3n) is 2.99. The van der Waals surface area contributed by atoms with Gasteiger partial charge in [-0.05, 0) is 35.7 Å². The minimum absolute atomic E-state index is 0.645. The molecule has 0 amide bonds. The first-order valence-corrected chi connectivity index (χ1v) is 6.63. The lowest BCUT2D eigenvalue weighted by Gasteiger charge is -2.06. The van der Waals surface area contributed by atoms with Crippen molar-refractivity contribution in [3.63, 3.8) is 0 Å². The Labute approximate surface area is 114 Å². The van der Waals surface area contributed by atoms with Gasteiger partial charge in [0.1, 0.15) is 0 Å². The Kier molecular flexibility index (Phi) is 4.93. The maximum absolute atomic E-state index is 5.14. The van der Waals surface area contributed by atoms with Crippen LogP contribution in [0.4, 0.5) is 0 Å². The lowest BCUT2D eigenvalue weighted by atomic mass is 10.1. The van der Waals surface area contributed by atoms with E-state index in [9.17, 15) is 0 Å². The third kappa shape index (κ3) is 3.80. The van der Waals surface area contributed by atoms with Gasteiger partial charge >= 0.3 is 0 Å². The molecule has 0 saturated heterocycles. The molecule has 100 valence electrons. The molecule has 0 aliphatic rings. The number of ether oxygens (including phenoxy) is 1. The van der Waals surface area contributed by atoms with Gasteiger partial charge in [-0.15, -0.1) is 0 Å². The maximum atomic E-state index is 5.14. The summed E-state index contributed by atoms with van der Waals surface area (Å²) in [4.78, 5) is 4.12. The number of nitrogens with one attached hydrogen (secondary N) is 1. The van der Waals surface area contributed by atoms with E-state index in [2.05, 4.69) is 41.5 Å². The predicted octanol–water partition coefficient (Wildman–Crippen LogP) is 3.26. The minimum atomic E-state index is 0.645. The summed E-state index contributed by atoms with van der Waals surface area (Å²) in [5.41, 5.74) is 3.61. The molecule has 0 spiro atoms. The van der Waals surface area contributed by atoms with Crippen LogP contribution in [-0.4, -0.2) is 18.6 Å². The molecule has 0 saturated carbocycles. The van der Waals surface area contributed by atoms with Gasteiger partial charge in [0.05, 0.1) is 7.11 Å². The smallest absolute Gasteiger partial charge is 0.213 e. The molecule has 19 heavy (non-hydrogen) atoms. The summed E-state index contributed by atoms with van der Waals surface area (Å²) in [7, 11) is 1.63. The Balaban J connectivity index is 2.08. The van der Waals surface area contributed by atoms with E-state index in [-0.39, 0.29) is 0 Å². The average molecular weight is 256 g/mol. The molecule has 1 N–H and O–H groups in total. The molecule has 3 nitrogen and oxygen atoms in total. The van der Waals surface area contributed by atoms with Crippen LogP contribution in [0.5, 0.6) is 5.88 Å². The molecule has 0 bridgehead atoms. The number of aromatic nitrogens is 1. The number of nitrogens with zero attached hydrogens (tertiary/aromatic N) is 1. The number of hydrogen-bond acceptors (Lipinski definition) is 3. The quantitative estimate of drug-likeness (QED) is 0.806. The average Bonchev–Trinajstić information content (AvgIpc) is 2.48. The van der Waals surface area contributed by atoms with E-state index < -0.39 is 0 Å². The van der Waals surface area contributed by atoms with Crippen LogP contribution < -0.4 is 10.1 Å². The molecule has 2 aromatic rings. The minimum Gasteiger partial charge on any atom is -0.481 e. The van der Waals surface area contributed by atoms with Crippen molar-refractivity contribution in [3.05, 3.63) is 48.2 Å². The van der Waals surface area contributed by atoms with Gasteiger partial charge in [-0.3, -0.25) is 0 Å². The second-order valence-corrected chi connectivity index (χ2v) is 4.46. The molecular formula is C16H20N2O. The van der Waals surface area contributed by atoms with Gasteiger partial charge in [-0.25, -0.2) is 4.98 Å². The zero-order chi connectivity index (χ0) is 13.5. The van der Waals surface area contributed by atoms with Gasteiger partial charge in [0.15, 0.2) is 0 Å². The monoisotopic (exact) mass is 256 g/mol. The van der Waals surface area contributed by atoms with E-state index in [1.807, 2.05) is 12.1 Å². The van der Waals surface area contributed by atoms with Crippen molar-refractivity contribution >= 4 is 0 Å². The van der Waals surface area contributed by atoms with Crippen LogP contribution in [-0.2, 0) is 6.54 Å². The van der Waals surface area contributed by atoms with Crippen molar-refractivity contribution in [3.8, 4) is 17.0 Å². The highest BCUT2D eigenvalue weighted by atomic mass is 16.5. The normalized spacial score (nSPS) is 10.4. The lowest BCUT2D eigenvalue weighted by molar-refractivity contribution is 0.398. The molecule has 0 unspecified atom stereocenters. The van der Waals surface area contributed by atoms with Crippen molar-refractivity contribution in [2.45, 2.75) is 19.9 Å². The Morgan fingerprint density at radius 1 is 1.11 bits per heavy atom. The van der Waals surface area contributed by atoms with Crippen molar-refractivity contribution in [1.29, 1.82) is 0 Å². The first-order chi connectivity index (χ1) is 9.33. The van der Waals surface area contributed by atoms with Crippen molar-refractivity contribution in [2.75, 3.05) is 13.7 Å². The maximum Gasteiger partial charge on any atom is 0.213 e. The summed E-state index contributed by atoms with van der Waals surface area (Å²) in [6, 6.07) is 12.5. The summed E-state index contributed by atoms with van der Waals surface area (Å²) < 4.78 is 5.14. The highest BCUT2D eigenvalue weighted by Crippen LogP contribution is 2.22. The molecule has 1 aromatic heterocycles. The fraction of sp³-hybridized carbons (Fsp3) is 0.312. The molecule has 1 heterocycles. The van der Waals surface area contributed by atoms with Gasteiger partial charge in [0, 0.05) is 18.8 Å². The Morgan fingerprint density at radius 3 is 2.58 bits per heavy atom. The Bertz CT molecular complexity index is 508. The van der Waals surface area contributed by atoms with Crippen LogP contribution in [0.1, 0.15) is 18.9 Å². The van der Waals surface area contributed by atoms with Crippen LogP contribution in [0, 0.1) is 0 Å². The highest BCUT2D eigenvalue weighted by Gasteiger charge is 2.00. The van der Waals surface area contributed by atoms with Crippen LogP contribution in [0.15, 0.2) is 42.6 Å². The van der Waals surface area contributed by atoms with E-state index in [4.69, 9.17) is 4.74 Å². The number of pyridine rings is 1. The predicted molar refractivity (Wildman–Crippen MR) is 78.2 cm³/mol. The second kappa shape index (κ2) is 6.90. The summed E-state index contributed by atoms with van der Waals surface area (Å²) in [6.07, 6.45) is 2.93. The third-order valence-corrected chi connectivity index (χ3v) is 2.99. The lowest BCUT2D eigenvalue weighted by Crippen LogP contribution is -2.13. The summed E-state index contributed by atoms with van der Waals surface area (Å²) in [5.74, 6) is 0.645. The highest BCUT2D eigenvalue weighted by molar-refractivity contribution is 5.64. The van der Waals surface area contributed by atoms with E-state index in [1.165, 1.54) is 11.1 Å². The van der Waals surface area contributed by atoms with Gasteiger partial charge < -0.3 is 10.1 Å². The van der Waals surface area contributed by atoms with Crippen molar-refractivity contribution < 1.29 is 4.74 Å². The zero-order valence-electron chi connectivity index (χ0n) is 11.5. The fourth-order valence-corrected chi connectivity index (χ4v) is 1.93. The molecule has 0 radical (unpaired) electrons. The molecule has 3 heteroatoms. The summed E-state index contributed by atoms with van der Waals surface area (Å²) >= 11 is 0. The molecule has 0 fully saturated rings. The first-order valence-electron chi connectivity index (χ1n) is 6.63. The van der Waals surface area contributed by atoms with E-state index in [1.54, 1.807) is 13.3 Å². The van der Waals surface area contributed by atoms with E-state index in [0.717, 1.165) is 25.1 Å². The molecular weight excluding hydrogens is 236 g/mol. The van der Waals surface area contributed by atoms with Crippen LogP contribution >= 0.6 is 0 Å². The van der Waals surface area contributed by atoms with Gasteiger partial charge in [-0.2, -0.15) is 0 Å². The van der Waals surface area contributed by atoms with Gasteiger partial charge in [-0.1, -0.05) is 31.2 Å². The number of methoxy groups -OCH3 is 1. The van der Waals surface area contributed by atoms with Gasteiger partial charge in [0.25, 0.3) is 0 Å². The topological polar surface area (TPSA) is 34.2 Å². The first kappa shape index (κ1) is 13.6.